The predicted molar refractivity (Wildman–Crippen MR) is 117 cm³/mol. The predicted octanol–water partition coefficient (Wildman–Crippen LogP) is 6.75. The number of carbonyl (C=O) groups is 1. The third kappa shape index (κ3) is 5.34. The first kappa shape index (κ1) is 20.4. The van der Waals surface area contributed by atoms with E-state index >= 15 is 0 Å². The zero-order valence-electron chi connectivity index (χ0n) is 15.5. The van der Waals surface area contributed by atoms with Gasteiger partial charge in [0, 0.05) is 16.0 Å². The van der Waals surface area contributed by atoms with Crippen LogP contribution in [0.15, 0.2) is 29.3 Å². The van der Waals surface area contributed by atoms with Crippen molar-refractivity contribution < 1.29 is 4.79 Å². The minimum absolute atomic E-state index is 0.0840. The van der Waals surface area contributed by atoms with Gasteiger partial charge in [0.1, 0.15) is 11.5 Å². The van der Waals surface area contributed by atoms with Crippen molar-refractivity contribution in [2.24, 2.45) is 4.99 Å². The Labute approximate surface area is 174 Å². The number of halogens is 2. The molecular formula is C21H24Cl2N2OS. The molecule has 0 atom stereocenters. The first-order valence-corrected chi connectivity index (χ1v) is 11.1. The Morgan fingerprint density at radius 1 is 1.07 bits per heavy atom. The number of aliphatic imine (C=N–C) groups is 1. The number of hydrogen-bond donors (Lipinski definition) is 1. The molecule has 3 rings (SSSR count). The lowest BCUT2D eigenvalue weighted by atomic mass is 10.0. The van der Waals surface area contributed by atoms with Gasteiger partial charge < -0.3 is 5.32 Å². The van der Waals surface area contributed by atoms with Crippen LogP contribution in [0.4, 0.5) is 5.00 Å². The zero-order valence-corrected chi connectivity index (χ0v) is 17.8. The van der Waals surface area contributed by atoms with Crippen molar-refractivity contribution in [1.29, 1.82) is 0 Å². The van der Waals surface area contributed by atoms with Crippen LogP contribution in [0.3, 0.4) is 0 Å². The summed E-state index contributed by atoms with van der Waals surface area (Å²) in [5.74, 6) is -0.0840. The lowest BCUT2D eigenvalue weighted by Crippen LogP contribution is -2.12. The molecule has 2 heterocycles. The molecule has 1 N–H and O–H groups in total. The molecule has 1 aliphatic rings. The summed E-state index contributed by atoms with van der Waals surface area (Å²) in [7, 11) is 0. The maximum Gasteiger partial charge on any atom is 0.246 e. The molecule has 0 saturated carbocycles. The van der Waals surface area contributed by atoms with Crippen molar-refractivity contribution in [2.45, 2.75) is 51.9 Å². The lowest BCUT2D eigenvalue weighted by Gasteiger charge is -2.06. The van der Waals surface area contributed by atoms with Gasteiger partial charge >= 0.3 is 0 Å². The Kier molecular flexibility index (Phi) is 7.33. The van der Waals surface area contributed by atoms with Crippen molar-refractivity contribution in [1.82, 2.24) is 0 Å². The van der Waals surface area contributed by atoms with Crippen molar-refractivity contribution in [2.75, 3.05) is 11.9 Å². The van der Waals surface area contributed by atoms with E-state index in [0.717, 1.165) is 28.3 Å². The molecule has 0 aliphatic carbocycles. The van der Waals surface area contributed by atoms with E-state index in [9.17, 15) is 4.79 Å². The Hall–Kier alpha value is -1.36. The number of unbranched alkanes of at least 4 members (excludes halogenated alkanes) is 5. The van der Waals surface area contributed by atoms with Gasteiger partial charge in [-0.05, 0) is 31.0 Å². The summed E-state index contributed by atoms with van der Waals surface area (Å²) in [5.41, 5.74) is 2.66. The molecule has 144 valence electrons. The maximum atomic E-state index is 12.1. The number of amides is 1. The molecular weight excluding hydrogens is 399 g/mol. The molecule has 0 spiro atoms. The minimum atomic E-state index is -0.0840. The van der Waals surface area contributed by atoms with Gasteiger partial charge in [-0.25, -0.2) is 0 Å². The molecule has 1 aromatic heterocycles. The fourth-order valence-corrected chi connectivity index (χ4v) is 4.62. The molecule has 0 bridgehead atoms. The number of hydrogen-bond acceptors (Lipinski definition) is 3. The Balaban J connectivity index is 1.77. The van der Waals surface area contributed by atoms with Gasteiger partial charge in [-0.1, -0.05) is 68.3 Å². The smallest absolute Gasteiger partial charge is 0.246 e. The number of nitrogens with zero attached hydrogens (tertiary/aromatic N) is 1. The number of fused-ring (bicyclic) bond motifs is 1. The fourth-order valence-electron chi connectivity index (χ4n) is 3.21. The summed E-state index contributed by atoms with van der Waals surface area (Å²) < 4.78 is 0. The third-order valence-corrected chi connectivity index (χ3v) is 6.49. The fraction of sp³-hybridized carbons (Fsp3) is 0.429. The monoisotopic (exact) mass is 422 g/mol. The number of rotatable bonds is 8. The third-order valence-electron chi connectivity index (χ3n) is 4.64. The lowest BCUT2D eigenvalue weighted by molar-refractivity contribution is -0.114. The molecule has 0 unspecified atom stereocenters. The summed E-state index contributed by atoms with van der Waals surface area (Å²) in [6, 6.07) is 7.65. The van der Waals surface area contributed by atoms with Crippen LogP contribution in [0, 0.1) is 0 Å². The Morgan fingerprint density at radius 3 is 2.63 bits per heavy atom. The van der Waals surface area contributed by atoms with Crippen LogP contribution in [0.5, 0.6) is 0 Å². The quantitative estimate of drug-likeness (QED) is 0.469. The summed E-state index contributed by atoms with van der Waals surface area (Å²) in [6.45, 7) is 2.35. The molecule has 0 radical (unpaired) electrons. The van der Waals surface area contributed by atoms with Gasteiger partial charge in [0.2, 0.25) is 5.91 Å². The number of nitrogens with one attached hydrogen (secondary N) is 1. The highest BCUT2D eigenvalue weighted by atomic mass is 35.5. The molecule has 1 aromatic carbocycles. The normalized spacial score (nSPS) is 13.7. The van der Waals surface area contributed by atoms with E-state index in [1.807, 2.05) is 12.1 Å². The van der Waals surface area contributed by atoms with Crippen LogP contribution in [0.2, 0.25) is 10.0 Å². The van der Waals surface area contributed by atoms with E-state index in [1.54, 1.807) is 17.4 Å². The van der Waals surface area contributed by atoms with Crippen LogP contribution in [0.1, 0.15) is 61.5 Å². The molecule has 0 saturated heterocycles. The zero-order chi connectivity index (χ0) is 19.2. The first-order chi connectivity index (χ1) is 13.1. The van der Waals surface area contributed by atoms with Crippen molar-refractivity contribution >= 4 is 51.2 Å². The van der Waals surface area contributed by atoms with Crippen molar-refractivity contribution in [3.05, 3.63) is 50.3 Å². The standard InChI is InChI=1S/C21H24Cl2N2OS/c1-2-3-4-5-6-7-8-15-12-16-20(14-9-10-17(22)18(23)11-14)24-13-19(26)25-21(16)27-15/h9-12H,2-8,13H2,1H3,(H,25,26). The van der Waals surface area contributed by atoms with Gasteiger partial charge in [-0.3, -0.25) is 9.79 Å². The second-order valence-electron chi connectivity index (χ2n) is 6.82. The molecule has 27 heavy (non-hydrogen) atoms. The molecule has 1 aliphatic heterocycles. The van der Waals surface area contributed by atoms with Gasteiger partial charge in [0.15, 0.2) is 0 Å². The molecule has 2 aromatic rings. The van der Waals surface area contributed by atoms with E-state index in [0.29, 0.717) is 10.0 Å². The van der Waals surface area contributed by atoms with Gasteiger partial charge in [0.25, 0.3) is 0 Å². The average molecular weight is 423 g/mol. The topological polar surface area (TPSA) is 41.5 Å². The van der Waals surface area contributed by atoms with Crippen molar-refractivity contribution in [3.8, 4) is 0 Å². The van der Waals surface area contributed by atoms with Crippen LogP contribution in [-0.2, 0) is 11.2 Å². The highest BCUT2D eigenvalue weighted by molar-refractivity contribution is 7.16. The van der Waals surface area contributed by atoms with Crippen LogP contribution >= 0.6 is 34.5 Å². The Morgan fingerprint density at radius 2 is 1.85 bits per heavy atom. The average Bonchev–Trinajstić information content (AvgIpc) is 2.96. The number of thiophene rings is 1. The van der Waals surface area contributed by atoms with E-state index in [4.69, 9.17) is 23.2 Å². The second kappa shape index (κ2) is 9.72. The van der Waals surface area contributed by atoms with Crippen LogP contribution in [-0.4, -0.2) is 18.2 Å². The van der Waals surface area contributed by atoms with Gasteiger partial charge in [-0.15, -0.1) is 11.3 Å². The van der Waals surface area contributed by atoms with Crippen LogP contribution in [0.25, 0.3) is 0 Å². The van der Waals surface area contributed by atoms with E-state index < -0.39 is 0 Å². The minimum Gasteiger partial charge on any atom is -0.316 e. The SMILES string of the molecule is CCCCCCCCc1cc2c(s1)NC(=O)CN=C2c1ccc(Cl)c(Cl)c1. The number of aryl methyl sites for hydroxylation is 1. The molecule has 1 amide bonds. The summed E-state index contributed by atoms with van der Waals surface area (Å²) in [5, 5.41) is 4.87. The van der Waals surface area contributed by atoms with Crippen LogP contribution < -0.4 is 5.32 Å². The summed E-state index contributed by atoms with van der Waals surface area (Å²) >= 11 is 13.9. The van der Waals surface area contributed by atoms with E-state index in [1.165, 1.54) is 43.4 Å². The van der Waals surface area contributed by atoms with Gasteiger partial charge in [-0.2, -0.15) is 0 Å². The number of anilines is 1. The maximum absolute atomic E-state index is 12.1. The highest BCUT2D eigenvalue weighted by Gasteiger charge is 2.21. The molecule has 6 heteroatoms. The van der Waals surface area contributed by atoms with Gasteiger partial charge in [0.05, 0.1) is 15.8 Å². The first-order valence-electron chi connectivity index (χ1n) is 9.51. The molecule has 3 nitrogen and oxygen atoms in total. The highest BCUT2D eigenvalue weighted by Crippen LogP contribution is 2.34. The van der Waals surface area contributed by atoms with E-state index in [2.05, 4.69) is 23.3 Å². The number of benzene rings is 1. The second-order valence-corrected chi connectivity index (χ2v) is 8.77. The summed E-state index contributed by atoms with van der Waals surface area (Å²) in [4.78, 5) is 17.9. The van der Waals surface area contributed by atoms with E-state index in [-0.39, 0.29) is 12.5 Å². The van der Waals surface area contributed by atoms with Crippen molar-refractivity contribution in [3.63, 3.8) is 0 Å². The largest absolute Gasteiger partial charge is 0.316 e. The molecule has 0 fully saturated rings. The summed E-state index contributed by atoms with van der Waals surface area (Å²) in [6.07, 6.45) is 8.68. The number of carbonyl (C=O) groups excluding carboxylic acids is 1. The Bertz CT molecular complexity index is 845.